The Morgan fingerprint density at radius 1 is 1.13 bits per heavy atom. The number of halogens is 5. The van der Waals surface area contributed by atoms with Gasteiger partial charge in [-0.3, -0.25) is 4.79 Å². The van der Waals surface area contributed by atoms with Crippen molar-refractivity contribution in [2.75, 3.05) is 0 Å². The molecule has 0 spiro atoms. The van der Waals surface area contributed by atoms with Crippen LogP contribution < -0.4 is 0 Å². The van der Waals surface area contributed by atoms with Gasteiger partial charge in [0.2, 0.25) is 5.91 Å². The van der Waals surface area contributed by atoms with E-state index in [0.29, 0.717) is 35.7 Å². The third-order valence-corrected chi connectivity index (χ3v) is 8.83. The number of amides is 1. The summed E-state index contributed by atoms with van der Waals surface area (Å²) in [7, 11) is 0. The first-order valence-electron chi connectivity index (χ1n) is 13.1. The average molecular weight is 569 g/mol. The lowest BCUT2D eigenvalue weighted by atomic mass is 9.66. The number of piperidine rings is 1. The fourth-order valence-corrected chi connectivity index (χ4v) is 6.49. The normalized spacial score (nSPS) is 26.6. The van der Waals surface area contributed by atoms with Crippen molar-refractivity contribution in [2.45, 2.75) is 82.2 Å². The molecular weight excluding hydrogens is 534 g/mol. The summed E-state index contributed by atoms with van der Waals surface area (Å²) in [6, 6.07) is 13.1. The first-order chi connectivity index (χ1) is 17.8. The first-order valence-corrected chi connectivity index (χ1v) is 13.8. The second-order valence-electron chi connectivity index (χ2n) is 11.1. The van der Waals surface area contributed by atoms with Crippen molar-refractivity contribution in [1.82, 2.24) is 4.90 Å². The minimum absolute atomic E-state index is 0.234. The number of hydrogen-bond donors (Lipinski definition) is 1. The van der Waals surface area contributed by atoms with Crippen LogP contribution in [-0.4, -0.2) is 33.7 Å². The highest BCUT2D eigenvalue weighted by Crippen LogP contribution is 2.55. The Hall–Kier alpha value is -2.02. The predicted octanol–water partition coefficient (Wildman–Crippen LogP) is 8.51. The molecule has 1 saturated carbocycles. The highest BCUT2D eigenvalue weighted by Gasteiger charge is 2.63. The van der Waals surface area contributed by atoms with Gasteiger partial charge in [0.25, 0.3) is 0 Å². The fraction of sp³-hybridized carbons (Fsp3) is 0.500. The van der Waals surface area contributed by atoms with Gasteiger partial charge in [0.1, 0.15) is 0 Å². The molecule has 8 heteroatoms. The second kappa shape index (κ2) is 10.9. The summed E-state index contributed by atoms with van der Waals surface area (Å²) in [6.45, 7) is 7.47. The third kappa shape index (κ3) is 5.50. The topological polar surface area (TPSA) is 40.5 Å². The van der Waals surface area contributed by atoms with Gasteiger partial charge in [0, 0.05) is 28.4 Å². The van der Waals surface area contributed by atoms with E-state index >= 15 is 0 Å². The van der Waals surface area contributed by atoms with Crippen molar-refractivity contribution < 1.29 is 23.1 Å². The SMILES string of the molecule is C=CC[C@@]1(C)CC(c2cccc(Cl)c2)C(c2ccc(Cl)cc2)N(C(CC)C[C@](O)(C2CC2)C(F)(F)F)C1=O. The number of alkyl halides is 3. The van der Waals surface area contributed by atoms with Crippen LogP contribution in [-0.2, 0) is 4.79 Å². The average Bonchev–Trinajstić information content (AvgIpc) is 3.70. The molecule has 1 N–H and O–H groups in total. The summed E-state index contributed by atoms with van der Waals surface area (Å²) in [5.41, 5.74) is -2.07. The lowest BCUT2D eigenvalue weighted by molar-refractivity contribution is -0.275. The van der Waals surface area contributed by atoms with Gasteiger partial charge in [-0.1, -0.05) is 67.4 Å². The predicted molar refractivity (Wildman–Crippen MR) is 145 cm³/mol. The van der Waals surface area contributed by atoms with Crippen molar-refractivity contribution in [3.8, 4) is 0 Å². The molecule has 5 atom stereocenters. The Morgan fingerprint density at radius 2 is 1.79 bits per heavy atom. The molecule has 206 valence electrons. The lowest BCUT2D eigenvalue weighted by Crippen LogP contribution is -2.59. The molecule has 3 nitrogen and oxygen atoms in total. The van der Waals surface area contributed by atoms with E-state index in [-0.39, 0.29) is 18.2 Å². The van der Waals surface area contributed by atoms with Crippen molar-refractivity contribution in [3.63, 3.8) is 0 Å². The summed E-state index contributed by atoms with van der Waals surface area (Å²) in [5, 5.41) is 12.1. The number of rotatable bonds is 9. The van der Waals surface area contributed by atoms with E-state index in [1.807, 2.05) is 37.3 Å². The number of likely N-dealkylation sites (tertiary alicyclic amines) is 1. The lowest BCUT2D eigenvalue weighted by Gasteiger charge is -2.53. The zero-order valence-electron chi connectivity index (χ0n) is 21.6. The van der Waals surface area contributed by atoms with Crippen LogP contribution in [0.2, 0.25) is 10.0 Å². The van der Waals surface area contributed by atoms with Crippen LogP contribution in [0.5, 0.6) is 0 Å². The van der Waals surface area contributed by atoms with Gasteiger partial charge in [-0.2, -0.15) is 13.2 Å². The standard InChI is InChI=1S/C30H34Cl2F3NO2/c1-4-15-28(3)18-25(20-7-6-8-23(32)16-20)26(19-9-13-22(31)14-10-19)36(27(28)37)24(5-2)17-29(38,21-11-12-21)30(33,34)35/h4,6-10,13-14,16,21,24-26,38H,1,5,11-12,15,17-18H2,2-3H3/t24?,25?,26?,28-,29-/m0/s1. The maximum absolute atomic E-state index is 14.3. The van der Waals surface area contributed by atoms with Crippen molar-refractivity contribution in [3.05, 3.63) is 82.4 Å². The van der Waals surface area contributed by atoms with Gasteiger partial charge in [-0.25, -0.2) is 0 Å². The Balaban J connectivity index is 1.89. The minimum Gasteiger partial charge on any atom is -0.380 e. The molecule has 2 aromatic rings. The number of carbonyl (C=O) groups excluding carboxylic acids is 1. The maximum atomic E-state index is 14.3. The fourth-order valence-electron chi connectivity index (χ4n) is 6.16. The molecule has 0 bridgehead atoms. The number of hydrogen-bond acceptors (Lipinski definition) is 2. The van der Waals surface area contributed by atoms with Crippen LogP contribution in [0.15, 0.2) is 61.2 Å². The van der Waals surface area contributed by atoms with E-state index in [9.17, 15) is 23.1 Å². The summed E-state index contributed by atoms with van der Waals surface area (Å²) in [4.78, 5) is 15.9. The molecule has 2 fully saturated rings. The maximum Gasteiger partial charge on any atom is 0.417 e. The molecule has 1 aliphatic heterocycles. The molecule has 38 heavy (non-hydrogen) atoms. The van der Waals surface area contributed by atoms with E-state index in [4.69, 9.17) is 23.2 Å². The molecule has 1 aliphatic carbocycles. The zero-order chi connectivity index (χ0) is 27.9. The number of carbonyl (C=O) groups is 1. The van der Waals surface area contributed by atoms with Crippen LogP contribution in [0.25, 0.3) is 0 Å². The van der Waals surface area contributed by atoms with Gasteiger partial charge in [-0.05, 0) is 73.4 Å². The van der Waals surface area contributed by atoms with Gasteiger partial charge in [0.15, 0.2) is 5.60 Å². The molecule has 1 amide bonds. The molecule has 2 aromatic carbocycles. The molecule has 2 aliphatic rings. The van der Waals surface area contributed by atoms with E-state index in [1.54, 1.807) is 36.1 Å². The number of aliphatic hydroxyl groups is 1. The van der Waals surface area contributed by atoms with Crippen LogP contribution >= 0.6 is 23.2 Å². The summed E-state index contributed by atoms with van der Waals surface area (Å²) in [6.07, 6.45) is -1.95. The highest BCUT2D eigenvalue weighted by molar-refractivity contribution is 6.30. The minimum atomic E-state index is -4.80. The highest BCUT2D eigenvalue weighted by atomic mass is 35.5. The Bertz CT molecular complexity index is 1170. The molecule has 1 saturated heterocycles. The van der Waals surface area contributed by atoms with E-state index in [0.717, 1.165) is 11.1 Å². The number of nitrogens with zero attached hydrogens (tertiary/aromatic N) is 1. The number of allylic oxidation sites excluding steroid dienone is 1. The molecular formula is C30H34Cl2F3NO2. The van der Waals surface area contributed by atoms with E-state index in [2.05, 4.69) is 6.58 Å². The van der Waals surface area contributed by atoms with Crippen LogP contribution in [0, 0.1) is 11.3 Å². The molecule has 3 unspecified atom stereocenters. The van der Waals surface area contributed by atoms with Gasteiger partial charge >= 0.3 is 6.18 Å². The van der Waals surface area contributed by atoms with E-state index in [1.165, 1.54) is 0 Å². The monoisotopic (exact) mass is 567 g/mol. The zero-order valence-corrected chi connectivity index (χ0v) is 23.2. The molecule has 4 rings (SSSR count). The Labute approximate surface area is 232 Å². The quantitative estimate of drug-likeness (QED) is 0.308. The Kier molecular flexibility index (Phi) is 8.28. The van der Waals surface area contributed by atoms with Gasteiger partial charge in [0.05, 0.1) is 11.5 Å². The van der Waals surface area contributed by atoms with Crippen LogP contribution in [0.4, 0.5) is 13.2 Å². The number of benzene rings is 2. The molecule has 1 heterocycles. The van der Waals surface area contributed by atoms with Gasteiger partial charge in [-0.15, -0.1) is 6.58 Å². The smallest absolute Gasteiger partial charge is 0.380 e. The summed E-state index contributed by atoms with van der Waals surface area (Å²) >= 11 is 12.6. The largest absolute Gasteiger partial charge is 0.417 e. The first kappa shape index (κ1) is 29.0. The summed E-state index contributed by atoms with van der Waals surface area (Å²) in [5.74, 6) is -1.34. The second-order valence-corrected chi connectivity index (χ2v) is 12.0. The van der Waals surface area contributed by atoms with E-state index < -0.39 is 41.6 Å². The summed E-state index contributed by atoms with van der Waals surface area (Å²) < 4.78 is 42.9. The third-order valence-electron chi connectivity index (χ3n) is 8.34. The van der Waals surface area contributed by atoms with Crippen LogP contribution in [0.1, 0.15) is 75.5 Å². The molecule has 0 radical (unpaired) electrons. The van der Waals surface area contributed by atoms with Crippen LogP contribution in [0.3, 0.4) is 0 Å². The Morgan fingerprint density at radius 3 is 2.32 bits per heavy atom. The van der Waals surface area contributed by atoms with Crippen molar-refractivity contribution in [1.29, 1.82) is 0 Å². The van der Waals surface area contributed by atoms with Crippen molar-refractivity contribution >= 4 is 29.1 Å². The molecule has 0 aromatic heterocycles. The van der Waals surface area contributed by atoms with Crippen molar-refractivity contribution in [2.24, 2.45) is 11.3 Å². The van der Waals surface area contributed by atoms with Gasteiger partial charge < -0.3 is 10.0 Å².